The van der Waals surface area contributed by atoms with Gasteiger partial charge in [-0.05, 0) is 79.2 Å². The molecule has 3 unspecified atom stereocenters. The predicted molar refractivity (Wildman–Crippen MR) is 142 cm³/mol. The monoisotopic (exact) mass is 489 g/mol. The number of likely N-dealkylation sites (N-methyl/N-ethyl adjacent to an activating group) is 1. The molecule has 0 radical (unpaired) electrons. The molecule has 0 amide bonds. The Labute approximate surface area is 215 Å². The largest absolute Gasteiger partial charge is 0.458 e. The molecule has 5 nitrogen and oxygen atoms in total. The van der Waals surface area contributed by atoms with Crippen LogP contribution in [0.5, 0.6) is 0 Å². The van der Waals surface area contributed by atoms with Gasteiger partial charge in [0.2, 0.25) is 0 Å². The summed E-state index contributed by atoms with van der Waals surface area (Å²) in [5, 5.41) is 5.51. The smallest absolute Gasteiger partial charge is 0.362 e. The second-order valence-electron chi connectivity index (χ2n) is 13.4. The van der Waals surface area contributed by atoms with Gasteiger partial charge in [-0.25, -0.2) is 4.79 Å². The summed E-state index contributed by atoms with van der Waals surface area (Å²) in [5.41, 5.74) is 4.25. The number of rotatable bonds is 4. The maximum atomic E-state index is 12.5. The minimum atomic E-state index is -0.0664. The fraction of sp³-hybridized carbons (Fsp3) is 0.613. The zero-order valence-electron chi connectivity index (χ0n) is 22.5. The lowest BCUT2D eigenvalue weighted by Gasteiger charge is -2.57. The van der Waals surface area contributed by atoms with Crippen molar-refractivity contribution in [2.45, 2.75) is 64.9 Å². The highest BCUT2D eigenvalue weighted by molar-refractivity contribution is 5.91. The minimum absolute atomic E-state index is 0.0354. The van der Waals surface area contributed by atoms with Crippen LogP contribution in [0.1, 0.15) is 64.6 Å². The minimum Gasteiger partial charge on any atom is -0.458 e. The average molecular weight is 490 g/mol. The molecular weight excluding hydrogens is 448 g/mol. The summed E-state index contributed by atoms with van der Waals surface area (Å²) in [6, 6.07) is 8.30. The van der Waals surface area contributed by atoms with Crippen LogP contribution in [-0.2, 0) is 9.53 Å². The molecule has 0 aliphatic heterocycles. The number of benzene rings is 1. The number of allylic oxidation sites excluding steroid dienone is 3. The first-order valence-corrected chi connectivity index (χ1v) is 13.8. The standard InChI is InChI=1S/C31H41N2O3/c1-30-16-14-21(35-28(34)19-33(3,4)5)18-20(30)10-11-22-24-12-13-26(31(24,2)17-15-25(22)30)29-23-8-6-7-9-27(23)32-36-29/h6-10,13,21-22,24-25H,11-12,14-19H2,1-5H3/q+1/t21-,22?,24?,25?,30-,31-/m0/s1. The number of nitrogens with zero attached hydrogens (tertiary/aromatic N) is 2. The van der Waals surface area contributed by atoms with Crippen molar-refractivity contribution in [3.8, 4) is 0 Å². The van der Waals surface area contributed by atoms with E-state index in [1.165, 1.54) is 18.4 Å². The first-order chi connectivity index (χ1) is 17.1. The lowest BCUT2D eigenvalue weighted by molar-refractivity contribution is -0.862. The molecule has 1 aromatic heterocycles. The van der Waals surface area contributed by atoms with Crippen molar-refractivity contribution in [1.29, 1.82) is 0 Å². The molecule has 1 aromatic carbocycles. The maximum absolute atomic E-state index is 12.5. The Kier molecular flexibility index (Phi) is 5.53. The van der Waals surface area contributed by atoms with Crippen LogP contribution in [0.25, 0.3) is 16.5 Å². The van der Waals surface area contributed by atoms with E-state index in [-0.39, 0.29) is 22.9 Å². The molecule has 0 N–H and O–H groups in total. The number of carbonyl (C=O) groups excluding carboxylic acids is 1. The molecule has 6 atom stereocenters. The van der Waals surface area contributed by atoms with Gasteiger partial charge in [0.1, 0.15) is 11.6 Å². The lowest BCUT2D eigenvalue weighted by atomic mass is 9.47. The molecule has 1 heterocycles. The molecule has 2 aromatic rings. The Morgan fingerprint density at radius 3 is 2.64 bits per heavy atom. The zero-order chi connectivity index (χ0) is 25.3. The van der Waals surface area contributed by atoms with E-state index < -0.39 is 0 Å². The molecule has 4 aliphatic carbocycles. The molecule has 2 fully saturated rings. The van der Waals surface area contributed by atoms with Gasteiger partial charge >= 0.3 is 5.97 Å². The van der Waals surface area contributed by atoms with Crippen molar-refractivity contribution in [1.82, 2.24) is 5.16 Å². The first kappa shape index (κ1) is 24.0. The molecule has 5 heteroatoms. The average Bonchev–Trinajstić information content (AvgIpc) is 3.38. The van der Waals surface area contributed by atoms with Gasteiger partial charge in [-0.1, -0.05) is 48.9 Å². The van der Waals surface area contributed by atoms with Gasteiger partial charge in [0.25, 0.3) is 0 Å². The Morgan fingerprint density at radius 2 is 1.83 bits per heavy atom. The highest BCUT2D eigenvalue weighted by Crippen LogP contribution is 2.66. The fourth-order valence-corrected chi connectivity index (χ4v) is 8.34. The number of hydrogen-bond acceptors (Lipinski definition) is 4. The van der Waals surface area contributed by atoms with Gasteiger partial charge in [0.05, 0.1) is 21.1 Å². The van der Waals surface area contributed by atoms with E-state index in [1.807, 2.05) is 33.3 Å². The summed E-state index contributed by atoms with van der Waals surface area (Å²) in [7, 11) is 6.11. The number of hydrogen-bond donors (Lipinski definition) is 0. The van der Waals surface area contributed by atoms with E-state index in [4.69, 9.17) is 9.26 Å². The van der Waals surface area contributed by atoms with E-state index in [0.29, 0.717) is 28.8 Å². The topological polar surface area (TPSA) is 52.3 Å². The van der Waals surface area contributed by atoms with E-state index in [1.54, 1.807) is 5.57 Å². The quantitative estimate of drug-likeness (QED) is 0.283. The van der Waals surface area contributed by atoms with Crippen LogP contribution in [-0.4, -0.2) is 49.4 Å². The van der Waals surface area contributed by atoms with Crippen molar-refractivity contribution in [2.75, 3.05) is 27.7 Å². The van der Waals surface area contributed by atoms with Crippen molar-refractivity contribution < 1.29 is 18.5 Å². The van der Waals surface area contributed by atoms with Crippen LogP contribution in [0.2, 0.25) is 0 Å². The number of carbonyl (C=O) groups is 1. The Balaban J connectivity index is 1.21. The number of ether oxygens (including phenoxy) is 1. The molecule has 36 heavy (non-hydrogen) atoms. The molecule has 2 saturated carbocycles. The number of fused-ring (bicyclic) bond motifs is 6. The Morgan fingerprint density at radius 1 is 1.06 bits per heavy atom. The zero-order valence-corrected chi connectivity index (χ0v) is 22.5. The Bertz CT molecular complexity index is 1250. The van der Waals surface area contributed by atoms with Gasteiger partial charge in [-0.2, -0.15) is 0 Å². The fourth-order valence-electron chi connectivity index (χ4n) is 8.34. The number of aromatic nitrogens is 1. The van der Waals surface area contributed by atoms with Crippen molar-refractivity contribution in [3.05, 3.63) is 47.8 Å². The first-order valence-electron chi connectivity index (χ1n) is 13.8. The summed E-state index contributed by atoms with van der Waals surface area (Å²) in [6.07, 6.45) is 12.8. The van der Waals surface area contributed by atoms with Crippen LogP contribution in [0, 0.1) is 28.6 Å². The van der Waals surface area contributed by atoms with Gasteiger partial charge in [0.15, 0.2) is 12.3 Å². The second kappa shape index (κ2) is 8.31. The molecule has 192 valence electrons. The molecule has 6 rings (SSSR count). The number of quaternary nitrogens is 1. The van der Waals surface area contributed by atoms with Crippen LogP contribution in [0.15, 0.2) is 46.5 Å². The van der Waals surface area contributed by atoms with Crippen LogP contribution in [0.4, 0.5) is 0 Å². The van der Waals surface area contributed by atoms with Crippen LogP contribution >= 0.6 is 0 Å². The van der Waals surface area contributed by atoms with Gasteiger partial charge in [-0.15, -0.1) is 0 Å². The second-order valence-corrected chi connectivity index (χ2v) is 13.4. The lowest BCUT2D eigenvalue weighted by Crippen LogP contribution is -2.50. The molecule has 0 bridgehead atoms. The third kappa shape index (κ3) is 3.77. The summed E-state index contributed by atoms with van der Waals surface area (Å²) in [4.78, 5) is 12.5. The molecular formula is C31H41N2O3+. The number of esters is 1. The van der Waals surface area contributed by atoms with Crippen molar-refractivity contribution in [3.63, 3.8) is 0 Å². The maximum Gasteiger partial charge on any atom is 0.362 e. The van der Waals surface area contributed by atoms with Gasteiger partial charge in [0, 0.05) is 17.4 Å². The van der Waals surface area contributed by atoms with Crippen LogP contribution in [0.3, 0.4) is 0 Å². The molecule has 4 aliphatic rings. The van der Waals surface area contributed by atoms with E-state index >= 15 is 0 Å². The normalized spacial score (nSPS) is 35.9. The van der Waals surface area contributed by atoms with Gasteiger partial charge < -0.3 is 13.7 Å². The van der Waals surface area contributed by atoms with Crippen LogP contribution < -0.4 is 0 Å². The van der Waals surface area contributed by atoms with Gasteiger partial charge in [-0.3, -0.25) is 0 Å². The Hall–Kier alpha value is -2.40. The highest BCUT2D eigenvalue weighted by Gasteiger charge is 2.57. The summed E-state index contributed by atoms with van der Waals surface area (Å²) < 4.78 is 12.5. The third-order valence-corrected chi connectivity index (χ3v) is 10.2. The summed E-state index contributed by atoms with van der Waals surface area (Å²) in [5.74, 6) is 2.96. The summed E-state index contributed by atoms with van der Waals surface area (Å²) >= 11 is 0. The highest BCUT2D eigenvalue weighted by atomic mass is 16.5. The molecule has 0 spiro atoms. The summed E-state index contributed by atoms with van der Waals surface area (Å²) in [6.45, 7) is 5.42. The van der Waals surface area contributed by atoms with Crippen molar-refractivity contribution in [2.24, 2.45) is 28.6 Å². The van der Waals surface area contributed by atoms with E-state index in [0.717, 1.165) is 48.8 Å². The van der Waals surface area contributed by atoms with E-state index in [9.17, 15) is 4.79 Å². The third-order valence-electron chi connectivity index (χ3n) is 10.2. The SMILES string of the molecule is C[C@]12CC[C@H](OC(=O)C[N+](C)(C)C)CC1=CCC1C2CC[C@]2(C)C(c3onc4ccccc34)=CCC12. The predicted octanol–water partition coefficient (Wildman–Crippen LogP) is 6.40. The van der Waals surface area contributed by atoms with Crippen molar-refractivity contribution >= 4 is 22.4 Å². The molecule has 0 saturated heterocycles. The van der Waals surface area contributed by atoms with E-state index in [2.05, 4.69) is 43.3 Å².